The van der Waals surface area contributed by atoms with Gasteiger partial charge in [-0.3, -0.25) is 4.79 Å². The summed E-state index contributed by atoms with van der Waals surface area (Å²) in [7, 11) is 1.83. The van der Waals surface area contributed by atoms with Gasteiger partial charge in [-0.15, -0.1) is 0 Å². The van der Waals surface area contributed by atoms with E-state index in [1.807, 2.05) is 62.5 Å². The van der Waals surface area contributed by atoms with Gasteiger partial charge in [-0.05, 0) is 55.3 Å². The van der Waals surface area contributed by atoms with E-state index in [4.69, 9.17) is 4.74 Å². The second kappa shape index (κ2) is 9.87. The summed E-state index contributed by atoms with van der Waals surface area (Å²) in [5.74, 6) is 0.785. The molecule has 0 bridgehead atoms. The molecule has 152 valence electrons. The van der Waals surface area contributed by atoms with Crippen LogP contribution in [0.4, 0.5) is 0 Å². The van der Waals surface area contributed by atoms with Crippen LogP contribution in [0, 0.1) is 0 Å². The number of aromatic nitrogens is 3. The number of rotatable bonds is 9. The topological polar surface area (TPSA) is 60.2 Å². The van der Waals surface area contributed by atoms with Crippen molar-refractivity contribution in [3.05, 3.63) is 72.3 Å². The lowest BCUT2D eigenvalue weighted by Crippen LogP contribution is -2.29. The third-order valence-corrected chi connectivity index (χ3v) is 5.08. The average molecular weight is 393 g/mol. The summed E-state index contributed by atoms with van der Waals surface area (Å²) in [4.78, 5) is 18.6. The maximum absolute atomic E-state index is 12.9. The molecular weight excluding hydrogens is 364 g/mol. The molecule has 1 amide bonds. The maximum atomic E-state index is 12.9. The number of hydrogen-bond donors (Lipinski definition) is 0. The van der Waals surface area contributed by atoms with Crippen LogP contribution < -0.4 is 4.74 Å². The second-order valence-corrected chi connectivity index (χ2v) is 7.10. The highest BCUT2D eigenvalue weighted by molar-refractivity contribution is 5.94. The zero-order chi connectivity index (χ0) is 20.6. The van der Waals surface area contributed by atoms with Crippen molar-refractivity contribution in [2.45, 2.75) is 39.2 Å². The molecule has 1 atom stereocenters. The van der Waals surface area contributed by atoms with Gasteiger partial charge in [0.2, 0.25) is 0 Å². The van der Waals surface area contributed by atoms with Crippen LogP contribution in [0.25, 0.3) is 5.69 Å². The minimum Gasteiger partial charge on any atom is -0.494 e. The van der Waals surface area contributed by atoms with E-state index in [0.29, 0.717) is 12.2 Å². The number of amides is 1. The van der Waals surface area contributed by atoms with Gasteiger partial charge in [-0.25, -0.2) is 9.67 Å². The lowest BCUT2D eigenvalue weighted by Gasteiger charge is -2.25. The third kappa shape index (κ3) is 5.22. The summed E-state index contributed by atoms with van der Waals surface area (Å²) < 4.78 is 7.43. The molecule has 3 rings (SSSR count). The van der Waals surface area contributed by atoms with Crippen LogP contribution in [-0.2, 0) is 0 Å². The Morgan fingerprint density at radius 3 is 2.45 bits per heavy atom. The van der Waals surface area contributed by atoms with Gasteiger partial charge in [0.1, 0.15) is 18.4 Å². The molecule has 0 aliphatic carbocycles. The molecule has 0 radical (unpaired) electrons. The number of carbonyl (C=O) groups is 1. The Morgan fingerprint density at radius 2 is 1.83 bits per heavy atom. The highest BCUT2D eigenvalue weighted by Gasteiger charge is 2.19. The Labute approximate surface area is 172 Å². The molecule has 0 saturated heterocycles. The van der Waals surface area contributed by atoms with E-state index in [2.05, 4.69) is 17.0 Å². The van der Waals surface area contributed by atoms with Gasteiger partial charge in [0.15, 0.2) is 0 Å². The predicted octanol–water partition coefficient (Wildman–Crippen LogP) is 4.67. The molecule has 0 aliphatic heterocycles. The van der Waals surface area contributed by atoms with Crippen LogP contribution in [0.2, 0.25) is 0 Å². The molecule has 2 aromatic carbocycles. The van der Waals surface area contributed by atoms with Crippen molar-refractivity contribution in [1.29, 1.82) is 0 Å². The van der Waals surface area contributed by atoms with E-state index in [1.54, 1.807) is 15.9 Å². The molecule has 1 aromatic heterocycles. The Balaban J connectivity index is 1.61. The van der Waals surface area contributed by atoms with Crippen molar-refractivity contribution in [1.82, 2.24) is 19.7 Å². The zero-order valence-electron chi connectivity index (χ0n) is 17.3. The first kappa shape index (κ1) is 20.6. The number of unbranched alkanes of at least 4 members (excludes halogenated alkanes) is 2. The molecule has 6 nitrogen and oxygen atoms in total. The fourth-order valence-corrected chi connectivity index (χ4v) is 3.09. The van der Waals surface area contributed by atoms with Gasteiger partial charge >= 0.3 is 0 Å². The Hall–Kier alpha value is -3.15. The number of carbonyl (C=O) groups excluding carboxylic acids is 1. The molecule has 6 heteroatoms. The van der Waals surface area contributed by atoms with Crippen molar-refractivity contribution in [3.8, 4) is 11.4 Å². The zero-order valence-corrected chi connectivity index (χ0v) is 17.3. The van der Waals surface area contributed by atoms with Gasteiger partial charge in [0, 0.05) is 12.6 Å². The second-order valence-electron chi connectivity index (χ2n) is 7.10. The number of hydrogen-bond acceptors (Lipinski definition) is 4. The minimum absolute atomic E-state index is 0.0182. The normalized spacial score (nSPS) is 11.8. The van der Waals surface area contributed by atoms with Crippen LogP contribution in [0.15, 0.2) is 61.2 Å². The fourth-order valence-electron chi connectivity index (χ4n) is 3.09. The summed E-state index contributed by atoms with van der Waals surface area (Å²) in [5, 5.41) is 4.13. The van der Waals surface area contributed by atoms with Gasteiger partial charge < -0.3 is 9.64 Å². The van der Waals surface area contributed by atoms with Gasteiger partial charge in [-0.2, -0.15) is 5.10 Å². The highest BCUT2D eigenvalue weighted by Crippen LogP contribution is 2.23. The monoisotopic (exact) mass is 392 g/mol. The van der Waals surface area contributed by atoms with Crippen LogP contribution in [0.3, 0.4) is 0 Å². The fraction of sp³-hybridized carbons (Fsp3) is 0.348. The van der Waals surface area contributed by atoms with E-state index in [-0.39, 0.29) is 11.9 Å². The predicted molar refractivity (Wildman–Crippen MR) is 113 cm³/mol. The van der Waals surface area contributed by atoms with E-state index >= 15 is 0 Å². The molecule has 0 spiro atoms. The molecule has 0 unspecified atom stereocenters. The number of nitrogens with zero attached hydrogens (tertiary/aromatic N) is 4. The quantitative estimate of drug-likeness (QED) is 0.497. The van der Waals surface area contributed by atoms with Crippen molar-refractivity contribution in [2.24, 2.45) is 0 Å². The van der Waals surface area contributed by atoms with Crippen LogP contribution in [0.5, 0.6) is 5.75 Å². The summed E-state index contributed by atoms with van der Waals surface area (Å²) in [6.07, 6.45) is 6.55. The molecule has 0 aliphatic rings. The molecule has 0 N–H and O–H groups in total. The summed E-state index contributed by atoms with van der Waals surface area (Å²) in [6.45, 7) is 4.90. The first-order valence-electron chi connectivity index (χ1n) is 10.0. The van der Waals surface area contributed by atoms with Crippen LogP contribution >= 0.6 is 0 Å². The summed E-state index contributed by atoms with van der Waals surface area (Å²) in [5.41, 5.74) is 2.64. The first-order valence-corrected chi connectivity index (χ1v) is 10.0. The van der Waals surface area contributed by atoms with E-state index in [0.717, 1.165) is 23.4 Å². The maximum Gasteiger partial charge on any atom is 0.254 e. The largest absolute Gasteiger partial charge is 0.494 e. The smallest absolute Gasteiger partial charge is 0.254 e. The van der Waals surface area contributed by atoms with Crippen molar-refractivity contribution in [3.63, 3.8) is 0 Å². The van der Waals surface area contributed by atoms with Gasteiger partial charge in [0.05, 0.1) is 18.3 Å². The molecule has 29 heavy (non-hydrogen) atoms. The van der Waals surface area contributed by atoms with Crippen LogP contribution in [0.1, 0.15) is 55.1 Å². The Kier molecular flexibility index (Phi) is 7.00. The summed E-state index contributed by atoms with van der Waals surface area (Å²) >= 11 is 0. The lowest BCUT2D eigenvalue weighted by atomic mass is 10.1. The highest BCUT2D eigenvalue weighted by atomic mass is 16.5. The van der Waals surface area contributed by atoms with Crippen molar-refractivity contribution in [2.75, 3.05) is 13.7 Å². The average Bonchev–Trinajstić information content (AvgIpc) is 3.31. The molecular formula is C23H28N4O2. The van der Waals surface area contributed by atoms with E-state index in [1.165, 1.54) is 19.2 Å². The number of ether oxygens (including phenoxy) is 1. The SMILES string of the molecule is CCCCCOc1ccc(C(=O)N(C)[C@@H](C)c2ccc(-n3cncn3)cc2)cc1. The van der Waals surface area contributed by atoms with Gasteiger partial charge in [-0.1, -0.05) is 31.9 Å². The Morgan fingerprint density at radius 1 is 1.10 bits per heavy atom. The summed E-state index contributed by atoms with van der Waals surface area (Å²) in [6, 6.07) is 15.3. The molecule has 0 fully saturated rings. The molecule has 3 aromatic rings. The standard InChI is InChI=1S/C23H28N4O2/c1-4-5-6-15-29-22-13-9-20(10-14-22)23(28)26(3)18(2)19-7-11-21(12-8-19)27-17-24-16-25-27/h7-14,16-18H,4-6,15H2,1-3H3/t18-/m0/s1. The number of benzene rings is 2. The van der Waals surface area contributed by atoms with Crippen LogP contribution in [-0.4, -0.2) is 39.2 Å². The molecule has 1 heterocycles. The van der Waals surface area contributed by atoms with Crippen molar-refractivity contribution < 1.29 is 9.53 Å². The van der Waals surface area contributed by atoms with Gasteiger partial charge in [0.25, 0.3) is 5.91 Å². The van der Waals surface area contributed by atoms with E-state index < -0.39 is 0 Å². The third-order valence-electron chi connectivity index (χ3n) is 5.08. The molecule has 0 saturated carbocycles. The first-order chi connectivity index (χ1) is 14.1. The minimum atomic E-state index is -0.0581. The lowest BCUT2D eigenvalue weighted by molar-refractivity contribution is 0.0742. The Bertz CT molecular complexity index is 890. The van der Waals surface area contributed by atoms with Crippen molar-refractivity contribution >= 4 is 5.91 Å². The van der Waals surface area contributed by atoms with E-state index in [9.17, 15) is 4.79 Å².